The quantitative estimate of drug-likeness (QED) is 0.858. The summed E-state index contributed by atoms with van der Waals surface area (Å²) in [6, 6.07) is 3.48. The number of rotatable bonds is 2. The SMILES string of the molecule is CCc1nc(N)nc(-c2ncccc2Cl)n1. The van der Waals surface area contributed by atoms with Gasteiger partial charge in [0, 0.05) is 12.6 Å². The Morgan fingerprint density at radius 1 is 1.31 bits per heavy atom. The fourth-order valence-corrected chi connectivity index (χ4v) is 1.46. The van der Waals surface area contributed by atoms with Crippen LogP contribution in [0.15, 0.2) is 18.3 Å². The molecule has 2 N–H and O–H groups in total. The molecule has 5 nitrogen and oxygen atoms in total. The number of pyridine rings is 1. The molecule has 0 bridgehead atoms. The molecule has 0 radical (unpaired) electrons. The van der Waals surface area contributed by atoms with Crippen molar-refractivity contribution >= 4 is 17.5 Å². The molecule has 0 atom stereocenters. The fraction of sp³-hybridized carbons (Fsp3) is 0.200. The van der Waals surface area contributed by atoms with Gasteiger partial charge in [0.25, 0.3) is 0 Å². The van der Waals surface area contributed by atoms with E-state index in [1.807, 2.05) is 6.92 Å². The summed E-state index contributed by atoms with van der Waals surface area (Å²) in [7, 11) is 0. The van der Waals surface area contributed by atoms with Gasteiger partial charge in [-0.25, -0.2) is 4.98 Å². The molecule has 2 rings (SSSR count). The number of halogens is 1. The second-order valence-corrected chi connectivity index (χ2v) is 3.53. The third kappa shape index (κ3) is 2.09. The summed E-state index contributed by atoms with van der Waals surface area (Å²) in [5.41, 5.74) is 6.11. The zero-order valence-electron chi connectivity index (χ0n) is 8.68. The lowest BCUT2D eigenvalue weighted by Crippen LogP contribution is -2.05. The Hall–Kier alpha value is -1.75. The van der Waals surface area contributed by atoms with Crippen LogP contribution in [0.3, 0.4) is 0 Å². The van der Waals surface area contributed by atoms with Gasteiger partial charge >= 0.3 is 0 Å². The molecule has 0 saturated carbocycles. The number of nitrogens with zero attached hydrogens (tertiary/aromatic N) is 4. The van der Waals surface area contributed by atoms with Crippen LogP contribution in [0.5, 0.6) is 0 Å². The predicted octanol–water partition coefficient (Wildman–Crippen LogP) is 1.73. The van der Waals surface area contributed by atoms with Gasteiger partial charge in [0.15, 0.2) is 5.82 Å². The smallest absolute Gasteiger partial charge is 0.223 e. The normalized spacial score (nSPS) is 10.4. The van der Waals surface area contributed by atoms with Crippen LogP contribution in [0.2, 0.25) is 5.02 Å². The van der Waals surface area contributed by atoms with Crippen molar-refractivity contribution in [1.82, 2.24) is 19.9 Å². The number of hydrogen-bond acceptors (Lipinski definition) is 5. The Morgan fingerprint density at radius 3 is 2.81 bits per heavy atom. The summed E-state index contributed by atoms with van der Waals surface area (Å²) in [5, 5.41) is 0.496. The molecule has 0 aliphatic rings. The van der Waals surface area contributed by atoms with E-state index in [2.05, 4.69) is 19.9 Å². The molecule has 0 aliphatic heterocycles. The summed E-state index contributed by atoms with van der Waals surface area (Å²) < 4.78 is 0. The van der Waals surface area contributed by atoms with Crippen molar-refractivity contribution in [3.05, 3.63) is 29.2 Å². The summed E-state index contributed by atoms with van der Waals surface area (Å²) >= 11 is 6.00. The molecule has 0 spiro atoms. The molecule has 0 aliphatic carbocycles. The fourth-order valence-electron chi connectivity index (χ4n) is 1.25. The topological polar surface area (TPSA) is 77.6 Å². The predicted molar refractivity (Wildman–Crippen MR) is 61.9 cm³/mol. The van der Waals surface area contributed by atoms with E-state index in [-0.39, 0.29) is 5.95 Å². The van der Waals surface area contributed by atoms with Crippen LogP contribution in [0, 0.1) is 0 Å². The summed E-state index contributed by atoms with van der Waals surface area (Å²) in [4.78, 5) is 16.4. The van der Waals surface area contributed by atoms with Gasteiger partial charge in [-0.2, -0.15) is 9.97 Å². The van der Waals surface area contributed by atoms with E-state index >= 15 is 0 Å². The van der Waals surface area contributed by atoms with Crippen molar-refractivity contribution in [3.63, 3.8) is 0 Å². The molecular formula is C10H10ClN5. The summed E-state index contributed by atoms with van der Waals surface area (Å²) in [6.45, 7) is 1.94. The van der Waals surface area contributed by atoms with Crippen LogP contribution in [0.4, 0.5) is 5.95 Å². The largest absolute Gasteiger partial charge is 0.368 e. The molecule has 2 aromatic rings. The minimum atomic E-state index is 0.184. The van der Waals surface area contributed by atoms with Crippen molar-refractivity contribution in [3.8, 4) is 11.5 Å². The van der Waals surface area contributed by atoms with E-state index in [1.165, 1.54) is 0 Å². The van der Waals surface area contributed by atoms with E-state index in [0.717, 1.165) is 0 Å². The lowest BCUT2D eigenvalue weighted by Gasteiger charge is -2.03. The van der Waals surface area contributed by atoms with Crippen molar-refractivity contribution in [2.45, 2.75) is 13.3 Å². The average Bonchev–Trinajstić information content (AvgIpc) is 2.28. The van der Waals surface area contributed by atoms with Gasteiger partial charge in [-0.3, -0.25) is 4.98 Å². The summed E-state index contributed by atoms with van der Waals surface area (Å²) in [6.07, 6.45) is 2.32. The second kappa shape index (κ2) is 4.40. The van der Waals surface area contributed by atoms with Gasteiger partial charge in [0.2, 0.25) is 5.95 Å². The lowest BCUT2D eigenvalue weighted by atomic mass is 10.3. The maximum atomic E-state index is 6.00. The maximum absolute atomic E-state index is 6.00. The molecule has 0 aromatic carbocycles. The molecule has 6 heteroatoms. The first-order valence-corrected chi connectivity index (χ1v) is 5.20. The van der Waals surface area contributed by atoms with Gasteiger partial charge in [-0.1, -0.05) is 18.5 Å². The molecule has 2 heterocycles. The Balaban J connectivity index is 2.56. The van der Waals surface area contributed by atoms with Crippen LogP contribution in [0.1, 0.15) is 12.7 Å². The molecule has 0 fully saturated rings. The molecule has 0 amide bonds. The zero-order valence-corrected chi connectivity index (χ0v) is 9.44. The van der Waals surface area contributed by atoms with Gasteiger partial charge < -0.3 is 5.73 Å². The second-order valence-electron chi connectivity index (χ2n) is 3.12. The highest BCUT2D eigenvalue weighted by Gasteiger charge is 2.10. The van der Waals surface area contributed by atoms with E-state index < -0.39 is 0 Å². The average molecular weight is 236 g/mol. The minimum absolute atomic E-state index is 0.184. The van der Waals surface area contributed by atoms with Crippen LogP contribution in [-0.4, -0.2) is 19.9 Å². The highest BCUT2D eigenvalue weighted by Crippen LogP contribution is 2.22. The van der Waals surface area contributed by atoms with Gasteiger partial charge in [0.1, 0.15) is 11.5 Å². The molecule has 16 heavy (non-hydrogen) atoms. The summed E-state index contributed by atoms with van der Waals surface area (Å²) in [5.74, 6) is 1.22. The monoisotopic (exact) mass is 235 g/mol. The number of hydrogen-bond donors (Lipinski definition) is 1. The zero-order chi connectivity index (χ0) is 11.5. The number of nitrogen functional groups attached to an aromatic ring is 1. The number of aryl methyl sites for hydroxylation is 1. The van der Waals surface area contributed by atoms with Crippen LogP contribution < -0.4 is 5.73 Å². The minimum Gasteiger partial charge on any atom is -0.368 e. The Kier molecular flexibility index (Phi) is 2.96. The molecule has 0 unspecified atom stereocenters. The molecule has 2 aromatic heterocycles. The number of aromatic nitrogens is 4. The van der Waals surface area contributed by atoms with Crippen LogP contribution >= 0.6 is 11.6 Å². The molecular weight excluding hydrogens is 226 g/mol. The van der Waals surface area contributed by atoms with Crippen molar-refractivity contribution in [1.29, 1.82) is 0 Å². The Morgan fingerprint density at radius 2 is 2.12 bits per heavy atom. The first kappa shape index (κ1) is 10.8. The van der Waals surface area contributed by atoms with Crippen molar-refractivity contribution < 1.29 is 0 Å². The Bertz CT molecular complexity index is 514. The lowest BCUT2D eigenvalue weighted by molar-refractivity contribution is 0.909. The van der Waals surface area contributed by atoms with E-state index in [1.54, 1.807) is 18.3 Å². The van der Waals surface area contributed by atoms with Crippen LogP contribution in [-0.2, 0) is 6.42 Å². The van der Waals surface area contributed by atoms with Gasteiger partial charge in [-0.15, -0.1) is 0 Å². The van der Waals surface area contributed by atoms with Gasteiger partial charge in [-0.05, 0) is 12.1 Å². The van der Waals surface area contributed by atoms with E-state index in [0.29, 0.717) is 28.8 Å². The first-order chi connectivity index (χ1) is 7.70. The Labute approximate surface area is 97.7 Å². The maximum Gasteiger partial charge on any atom is 0.223 e. The van der Waals surface area contributed by atoms with Crippen molar-refractivity contribution in [2.24, 2.45) is 0 Å². The van der Waals surface area contributed by atoms with E-state index in [4.69, 9.17) is 17.3 Å². The first-order valence-electron chi connectivity index (χ1n) is 4.82. The number of nitrogens with two attached hydrogens (primary N) is 1. The molecule has 82 valence electrons. The van der Waals surface area contributed by atoms with Gasteiger partial charge in [0.05, 0.1) is 5.02 Å². The standard InChI is InChI=1S/C10H10ClN5/c1-2-7-14-9(16-10(12)15-7)8-6(11)4-3-5-13-8/h3-5H,2H2,1H3,(H2,12,14,15,16). The van der Waals surface area contributed by atoms with Crippen LogP contribution in [0.25, 0.3) is 11.5 Å². The number of anilines is 1. The third-order valence-electron chi connectivity index (χ3n) is 1.99. The molecule has 0 saturated heterocycles. The highest BCUT2D eigenvalue weighted by molar-refractivity contribution is 6.32. The van der Waals surface area contributed by atoms with E-state index in [9.17, 15) is 0 Å². The third-order valence-corrected chi connectivity index (χ3v) is 2.29. The highest BCUT2D eigenvalue weighted by atomic mass is 35.5. The van der Waals surface area contributed by atoms with Crippen molar-refractivity contribution in [2.75, 3.05) is 5.73 Å².